The molecule has 0 unspecified atom stereocenters. The van der Waals surface area contributed by atoms with Gasteiger partial charge < -0.3 is 10.6 Å². The Balaban J connectivity index is 2.19. The van der Waals surface area contributed by atoms with Crippen molar-refractivity contribution in [2.45, 2.75) is 23.8 Å². The first-order valence-corrected chi connectivity index (χ1v) is 7.88. The first-order chi connectivity index (χ1) is 8.91. The fourth-order valence-corrected chi connectivity index (χ4v) is 3.19. The van der Waals surface area contributed by atoms with Crippen molar-refractivity contribution in [2.75, 3.05) is 32.1 Å². The molecule has 1 aromatic carbocycles. The summed E-state index contributed by atoms with van der Waals surface area (Å²) in [5, 5.41) is 0. The van der Waals surface area contributed by atoms with E-state index in [2.05, 4.69) is 4.90 Å². The number of rotatable bonds is 3. The van der Waals surface area contributed by atoms with Gasteiger partial charge in [-0.3, -0.25) is 0 Å². The molecular weight excluding hydrogens is 262 g/mol. The summed E-state index contributed by atoms with van der Waals surface area (Å²) in [5.41, 5.74) is 6.99. The minimum absolute atomic E-state index is 0.207. The van der Waals surface area contributed by atoms with Crippen LogP contribution in [0.3, 0.4) is 0 Å². The van der Waals surface area contributed by atoms with Gasteiger partial charge in [-0.25, -0.2) is 12.7 Å². The number of anilines is 1. The van der Waals surface area contributed by atoms with Crippen LogP contribution in [0.25, 0.3) is 0 Å². The third-order valence-corrected chi connectivity index (χ3v) is 5.27. The number of hydrogen-bond acceptors (Lipinski definition) is 4. The standard InChI is InChI=1S/C13H21N3O2S/c1-15(2)19(17,18)13-7-5-12(6-8-13)16-9-3-4-11(14)10-16/h5-8,11H,3-4,9-10,14H2,1-2H3/t11-/m1/s1. The van der Waals surface area contributed by atoms with E-state index >= 15 is 0 Å². The Morgan fingerprint density at radius 3 is 2.42 bits per heavy atom. The quantitative estimate of drug-likeness (QED) is 0.893. The SMILES string of the molecule is CN(C)S(=O)(=O)c1ccc(N2CCC[C@@H](N)C2)cc1. The molecule has 0 aliphatic carbocycles. The minimum atomic E-state index is -3.35. The number of nitrogens with zero attached hydrogens (tertiary/aromatic N) is 2. The van der Waals surface area contributed by atoms with Crippen molar-refractivity contribution in [3.8, 4) is 0 Å². The van der Waals surface area contributed by atoms with Crippen LogP contribution in [0.15, 0.2) is 29.2 Å². The zero-order valence-electron chi connectivity index (χ0n) is 11.4. The topological polar surface area (TPSA) is 66.6 Å². The van der Waals surface area contributed by atoms with Gasteiger partial charge in [0, 0.05) is 38.9 Å². The summed E-state index contributed by atoms with van der Waals surface area (Å²) in [6.07, 6.45) is 2.14. The van der Waals surface area contributed by atoms with E-state index in [4.69, 9.17) is 5.73 Å². The van der Waals surface area contributed by atoms with Crippen LogP contribution in [0.5, 0.6) is 0 Å². The maximum absolute atomic E-state index is 12.0. The summed E-state index contributed by atoms with van der Waals surface area (Å²) in [7, 11) is -0.276. The summed E-state index contributed by atoms with van der Waals surface area (Å²) in [5.74, 6) is 0. The second-order valence-electron chi connectivity index (χ2n) is 5.13. The molecule has 0 spiro atoms. The van der Waals surface area contributed by atoms with Crippen LogP contribution in [0.4, 0.5) is 5.69 Å². The van der Waals surface area contributed by atoms with Gasteiger partial charge in [0.05, 0.1) is 4.90 Å². The molecule has 1 heterocycles. The Hall–Kier alpha value is -1.11. The number of benzene rings is 1. The minimum Gasteiger partial charge on any atom is -0.370 e. The van der Waals surface area contributed by atoms with Gasteiger partial charge in [-0.05, 0) is 37.1 Å². The number of nitrogens with two attached hydrogens (primary N) is 1. The third kappa shape index (κ3) is 3.08. The van der Waals surface area contributed by atoms with Crippen LogP contribution in [0.1, 0.15) is 12.8 Å². The largest absolute Gasteiger partial charge is 0.370 e. The Labute approximate surface area is 115 Å². The van der Waals surface area contributed by atoms with Gasteiger partial charge in [-0.1, -0.05) is 0 Å². The van der Waals surface area contributed by atoms with Gasteiger partial charge in [-0.2, -0.15) is 0 Å². The van der Waals surface area contributed by atoms with E-state index in [-0.39, 0.29) is 6.04 Å². The molecule has 1 aliphatic rings. The summed E-state index contributed by atoms with van der Waals surface area (Å²) in [4.78, 5) is 2.53. The highest BCUT2D eigenvalue weighted by atomic mass is 32.2. The lowest BCUT2D eigenvalue weighted by Gasteiger charge is -2.32. The van der Waals surface area contributed by atoms with Crippen LogP contribution in [-0.2, 0) is 10.0 Å². The molecule has 1 fully saturated rings. The predicted molar refractivity (Wildman–Crippen MR) is 76.7 cm³/mol. The van der Waals surface area contributed by atoms with Crippen LogP contribution in [0, 0.1) is 0 Å². The highest BCUT2D eigenvalue weighted by molar-refractivity contribution is 7.89. The number of hydrogen-bond donors (Lipinski definition) is 1. The second-order valence-corrected chi connectivity index (χ2v) is 7.28. The van der Waals surface area contributed by atoms with Crippen molar-refractivity contribution in [1.82, 2.24) is 4.31 Å². The van der Waals surface area contributed by atoms with Crippen molar-refractivity contribution < 1.29 is 8.42 Å². The van der Waals surface area contributed by atoms with Gasteiger partial charge in [0.15, 0.2) is 0 Å². The molecule has 0 radical (unpaired) electrons. The highest BCUT2D eigenvalue weighted by Crippen LogP contribution is 2.22. The predicted octanol–water partition coefficient (Wildman–Crippen LogP) is 0.864. The maximum Gasteiger partial charge on any atom is 0.242 e. The van der Waals surface area contributed by atoms with E-state index < -0.39 is 10.0 Å². The molecule has 0 saturated carbocycles. The highest BCUT2D eigenvalue weighted by Gasteiger charge is 2.19. The lowest BCUT2D eigenvalue weighted by molar-refractivity contribution is 0.506. The Bertz CT molecular complexity index is 525. The van der Waals surface area contributed by atoms with Gasteiger partial charge in [0.1, 0.15) is 0 Å². The lowest BCUT2D eigenvalue weighted by atomic mass is 10.1. The van der Waals surface area contributed by atoms with Gasteiger partial charge in [-0.15, -0.1) is 0 Å². The van der Waals surface area contributed by atoms with Crippen molar-refractivity contribution >= 4 is 15.7 Å². The first kappa shape index (κ1) is 14.3. The molecule has 6 heteroatoms. The van der Waals surface area contributed by atoms with E-state index in [1.54, 1.807) is 12.1 Å². The molecule has 1 aromatic rings. The fourth-order valence-electron chi connectivity index (χ4n) is 2.28. The fraction of sp³-hybridized carbons (Fsp3) is 0.538. The Kier molecular flexibility index (Phi) is 4.13. The molecule has 0 amide bonds. The van der Waals surface area contributed by atoms with Crippen LogP contribution < -0.4 is 10.6 Å². The van der Waals surface area contributed by atoms with E-state index in [1.807, 2.05) is 12.1 Å². The molecule has 0 bridgehead atoms. The summed E-state index contributed by atoms with van der Waals surface area (Å²) in [6, 6.07) is 7.23. The lowest BCUT2D eigenvalue weighted by Crippen LogP contribution is -2.42. The van der Waals surface area contributed by atoms with E-state index in [0.717, 1.165) is 31.6 Å². The summed E-state index contributed by atoms with van der Waals surface area (Å²) in [6.45, 7) is 1.81. The normalized spacial score (nSPS) is 20.8. The zero-order valence-corrected chi connectivity index (χ0v) is 12.2. The molecule has 1 atom stereocenters. The molecule has 2 rings (SSSR count). The van der Waals surface area contributed by atoms with Gasteiger partial charge >= 0.3 is 0 Å². The molecule has 106 valence electrons. The molecule has 19 heavy (non-hydrogen) atoms. The third-order valence-electron chi connectivity index (χ3n) is 3.44. The smallest absolute Gasteiger partial charge is 0.242 e. The Morgan fingerprint density at radius 2 is 1.89 bits per heavy atom. The zero-order chi connectivity index (χ0) is 14.0. The average molecular weight is 283 g/mol. The molecule has 2 N–H and O–H groups in total. The monoisotopic (exact) mass is 283 g/mol. The van der Waals surface area contributed by atoms with Crippen molar-refractivity contribution in [3.05, 3.63) is 24.3 Å². The van der Waals surface area contributed by atoms with Crippen molar-refractivity contribution in [2.24, 2.45) is 5.73 Å². The molecule has 1 aliphatic heterocycles. The first-order valence-electron chi connectivity index (χ1n) is 6.44. The average Bonchev–Trinajstić information content (AvgIpc) is 2.38. The number of sulfonamides is 1. The maximum atomic E-state index is 12.0. The van der Waals surface area contributed by atoms with Crippen LogP contribution in [0.2, 0.25) is 0 Å². The summed E-state index contributed by atoms with van der Waals surface area (Å²) >= 11 is 0. The van der Waals surface area contributed by atoms with Crippen LogP contribution in [-0.4, -0.2) is 45.9 Å². The summed E-state index contributed by atoms with van der Waals surface area (Å²) < 4.78 is 25.1. The van der Waals surface area contributed by atoms with Crippen molar-refractivity contribution in [1.29, 1.82) is 0 Å². The second kappa shape index (κ2) is 5.48. The van der Waals surface area contributed by atoms with Crippen molar-refractivity contribution in [3.63, 3.8) is 0 Å². The van der Waals surface area contributed by atoms with Crippen LogP contribution >= 0.6 is 0 Å². The van der Waals surface area contributed by atoms with Gasteiger partial charge in [0.25, 0.3) is 0 Å². The van der Waals surface area contributed by atoms with E-state index in [0.29, 0.717) is 4.90 Å². The van der Waals surface area contributed by atoms with E-state index in [9.17, 15) is 8.42 Å². The number of piperidine rings is 1. The Morgan fingerprint density at radius 1 is 1.26 bits per heavy atom. The molecule has 5 nitrogen and oxygen atoms in total. The van der Waals surface area contributed by atoms with E-state index in [1.165, 1.54) is 18.4 Å². The van der Waals surface area contributed by atoms with Gasteiger partial charge in [0.2, 0.25) is 10.0 Å². The molecule has 1 saturated heterocycles. The molecular formula is C13H21N3O2S. The molecule has 0 aromatic heterocycles.